The highest BCUT2D eigenvalue weighted by Gasteiger charge is 2.25. The number of carbonyl (C=O) groups excluding carboxylic acids is 2. The number of hydrogen-bond donors (Lipinski definition) is 1. The Morgan fingerprint density at radius 1 is 1.10 bits per heavy atom. The third kappa shape index (κ3) is 5.54. The first-order chi connectivity index (χ1) is 13.5. The summed E-state index contributed by atoms with van der Waals surface area (Å²) in [6.45, 7) is 1.06. The molecule has 0 saturated carbocycles. The molecule has 0 spiro atoms. The van der Waals surface area contributed by atoms with Crippen molar-refractivity contribution in [2.24, 2.45) is 0 Å². The maximum absolute atomic E-state index is 12.6. The van der Waals surface area contributed by atoms with Crippen LogP contribution in [0.3, 0.4) is 0 Å². The second-order valence-corrected chi connectivity index (χ2v) is 9.13. The number of nitrogens with one attached hydrogen (secondary N) is 1. The van der Waals surface area contributed by atoms with Gasteiger partial charge in [0.15, 0.2) is 0 Å². The lowest BCUT2D eigenvalue weighted by molar-refractivity contribution is -0.114. The van der Waals surface area contributed by atoms with Gasteiger partial charge in [0.1, 0.15) is 6.54 Å². The first kappa shape index (κ1) is 23.3. The number of carbonyl (C=O) groups is 2. The molecule has 7 nitrogen and oxygen atoms in total. The minimum atomic E-state index is -3.88. The first-order valence-electron chi connectivity index (χ1n) is 8.05. The van der Waals surface area contributed by atoms with Crippen molar-refractivity contribution < 1.29 is 22.7 Å². The third-order valence-electron chi connectivity index (χ3n) is 3.96. The molecule has 11 heteroatoms. The molecule has 0 radical (unpaired) electrons. The molecule has 0 aromatic heterocycles. The fourth-order valence-corrected chi connectivity index (χ4v) is 4.06. The number of methoxy groups -OCH3 is 1. The van der Waals surface area contributed by atoms with Crippen molar-refractivity contribution in [1.29, 1.82) is 0 Å². The van der Waals surface area contributed by atoms with Gasteiger partial charge in [-0.15, -0.1) is 0 Å². The van der Waals surface area contributed by atoms with Crippen LogP contribution < -0.4 is 9.62 Å². The van der Waals surface area contributed by atoms with Crippen molar-refractivity contribution in [3.8, 4) is 0 Å². The number of anilines is 2. The Labute approximate surface area is 183 Å². The summed E-state index contributed by atoms with van der Waals surface area (Å²) in [7, 11) is -2.63. The van der Waals surface area contributed by atoms with Gasteiger partial charge in [0.25, 0.3) is 0 Å². The van der Waals surface area contributed by atoms with Crippen molar-refractivity contribution in [2.45, 2.75) is 6.92 Å². The smallest absolute Gasteiger partial charge is 0.338 e. The van der Waals surface area contributed by atoms with Crippen LogP contribution in [0.4, 0.5) is 11.4 Å². The molecule has 2 rings (SSSR count). The normalized spacial score (nSPS) is 11.1. The van der Waals surface area contributed by atoms with Gasteiger partial charge < -0.3 is 10.1 Å². The number of nitrogens with zero attached hydrogens (tertiary/aromatic N) is 1. The van der Waals surface area contributed by atoms with Gasteiger partial charge in [0.05, 0.1) is 39.7 Å². The summed E-state index contributed by atoms with van der Waals surface area (Å²) in [5, 5.41) is 2.84. The molecular weight excluding hydrogens is 463 g/mol. The van der Waals surface area contributed by atoms with E-state index in [0.29, 0.717) is 11.3 Å². The van der Waals surface area contributed by atoms with Gasteiger partial charge in [-0.2, -0.15) is 0 Å². The summed E-state index contributed by atoms with van der Waals surface area (Å²) in [4.78, 5) is 24.4. The minimum Gasteiger partial charge on any atom is -0.465 e. The molecule has 156 valence electrons. The maximum Gasteiger partial charge on any atom is 0.338 e. The van der Waals surface area contributed by atoms with Crippen LogP contribution in [0.25, 0.3) is 0 Å². The van der Waals surface area contributed by atoms with Gasteiger partial charge in [-0.25, -0.2) is 13.2 Å². The van der Waals surface area contributed by atoms with Crippen LogP contribution in [-0.4, -0.2) is 40.2 Å². The second kappa shape index (κ2) is 9.21. The number of rotatable bonds is 6. The Balaban J connectivity index is 2.34. The molecule has 2 aromatic carbocycles. The predicted octanol–water partition coefficient (Wildman–Crippen LogP) is 4.15. The quantitative estimate of drug-likeness (QED) is 0.496. The molecule has 0 heterocycles. The monoisotopic (exact) mass is 478 g/mol. The van der Waals surface area contributed by atoms with Crippen molar-refractivity contribution >= 4 is 68.1 Å². The predicted molar refractivity (Wildman–Crippen MR) is 115 cm³/mol. The highest BCUT2D eigenvalue weighted by Crippen LogP contribution is 2.35. The summed E-state index contributed by atoms with van der Waals surface area (Å²) >= 11 is 18.0. The average molecular weight is 480 g/mol. The van der Waals surface area contributed by atoms with E-state index in [1.807, 2.05) is 0 Å². The van der Waals surface area contributed by atoms with Crippen LogP contribution in [0.1, 0.15) is 15.9 Å². The maximum atomic E-state index is 12.6. The van der Waals surface area contributed by atoms with E-state index in [-0.39, 0.29) is 26.3 Å². The van der Waals surface area contributed by atoms with Crippen molar-refractivity contribution in [3.05, 3.63) is 56.5 Å². The lowest BCUT2D eigenvalue weighted by atomic mass is 10.1. The largest absolute Gasteiger partial charge is 0.465 e. The van der Waals surface area contributed by atoms with Crippen molar-refractivity contribution in [2.75, 3.05) is 29.5 Å². The zero-order valence-electron chi connectivity index (χ0n) is 15.6. The van der Waals surface area contributed by atoms with Crippen LogP contribution in [0, 0.1) is 6.92 Å². The van der Waals surface area contributed by atoms with Crippen LogP contribution in [0.2, 0.25) is 15.1 Å². The van der Waals surface area contributed by atoms with E-state index in [1.54, 1.807) is 25.1 Å². The van der Waals surface area contributed by atoms with Crippen molar-refractivity contribution in [3.63, 3.8) is 0 Å². The Morgan fingerprint density at radius 3 is 2.31 bits per heavy atom. The molecule has 29 heavy (non-hydrogen) atoms. The Morgan fingerprint density at radius 2 is 1.72 bits per heavy atom. The Bertz CT molecular complexity index is 1070. The Kier molecular flexibility index (Phi) is 7.40. The summed E-state index contributed by atoms with van der Waals surface area (Å²) in [5.74, 6) is -1.21. The summed E-state index contributed by atoms with van der Waals surface area (Å²) in [6, 6.07) is 7.26. The second-order valence-electron chi connectivity index (χ2n) is 6.01. The highest BCUT2D eigenvalue weighted by molar-refractivity contribution is 7.92. The number of sulfonamides is 1. The first-order valence-corrected chi connectivity index (χ1v) is 11.0. The zero-order chi connectivity index (χ0) is 21.9. The van der Waals surface area contributed by atoms with Crippen molar-refractivity contribution in [1.82, 2.24) is 0 Å². The van der Waals surface area contributed by atoms with Gasteiger partial charge in [0, 0.05) is 5.69 Å². The number of esters is 1. The van der Waals surface area contributed by atoms with E-state index in [0.717, 1.165) is 10.6 Å². The van der Waals surface area contributed by atoms with Gasteiger partial charge in [-0.05, 0) is 36.8 Å². The van der Waals surface area contributed by atoms with E-state index in [4.69, 9.17) is 39.5 Å². The standard InChI is InChI=1S/C18H17Cl3N2O5S/c1-10-11(18(25)28-2)5-4-6-15(10)22-17(24)9-23(29(3,26)27)16-8-13(20)12(19)7-14(16)21/h4-8H,9H2,1-3H3,(H,22,24). The van der Waals surface area contributed by atoms with E-state index in [1.165, 1.54) is 19.2 Å². The lowest BCUT2D eigenvalue weighted by Crippen LogP contribution is -2.37. The molecule has 0 bridgehead atoms. The van der Waals surface area contributed by atoms with E-state index in [2.05, 4.69) is 5.32 Å². The molecule has 2 aromatic rings. The highest BCUT2D eigenvalue weighted by atomic mass is 35.5. The van der Waals surface area contributed by atoms with Crippen LogP contribution in [0.15, 0.2) is 30.3 Å². The summed E-state index contributed by atoms with van der Waals surface area (Å²) in [6.07, 6.45) is 0.933. The number of halogens is 3. The summed E-state index contributed by atoms with van der Waals surface area (Å²) < 4.78 is 30.0. The van der Waals surface area contributed by atoms with E-state index < -0.39 is 28.4 Å². The number of ether oxygens (including phenoxy) is 1. The fraction of sp³-hybridized carbons (Fsp3) is 0.222. The number of benzene rings is 2. The van der Waals surface area contributed by atoms with Gasteiger partial charge in [0.2, 0.25) is 15.9 Å². The molecule has 0 aliphatic rings. The lowest BCUT2D eigenvalue weighted by Gasteiger charge is -2.23. The molecular formula is C18H17Cl3N2O5S. The molecule has 1 amide bonds. The fourth-order valence-electron chi connectivity index (χ4n) is 2.51. The topological polar surface area (TPSA) is 92.8 Å². The van der Waals surface area contributed by atoms with E-state index >= 15 is 0 Å². The molecule has 0 aliphatic carbocycles. The number of amides is 1. The third-order valence-corrected chi connectivity index (χ3v) is 6.11. The van der Waals surface area contributed by atoms with E-state index in [9.17, 15) is 18.0 Å². The van der Waals surface area contributed by atoms with Crippen LogP contribution >= 0.6 is 34.8 Å². The number of hydrogen-bond acceptors (Lipinski definition) is 5. The van der Waals surface area contributed by atoms with Gasteiger partial charge >= 0.3 is 5.97 Å². The SMILES string of the molecule is COC(=O)c1cccc(NC(=O)CN(c2cc(Cl)c(Cl)cc2Cl)S(C)(=O)=O)c1C. The molecule has 1 N–H and O–H groups in total. The minimum absolute atomic E-state index is 0.0127. The van der Waals surface area contributed by atoms with Crippen LogP contribution in [0.5, 0.6) is 0 Å². The molecule has 0 aliphatic heterocycles. The Hall–Kier alpha value is -2.00. The molecule has 0 saturated heterocycles. The van der Waals surface area contributed by atoms with Gasteiger partial charge in [-0.3, -0.25) is 9.10 Å². The average Bonchev–Trinajstić information content (AvgIpc) is 2.63. The molecule has 0 fully saturated rings. The molecule has 0 unspecified atom stereocenters. The van der Waals surface area contributed by atoms with Gasteiger partial charge in [-0.1, -0.05) is 40.9 Å². The van der Waals surface area contributed by atoms with Crippen LogP contribution in [-0.2, 0) is 19.6 Å². The summed E-state index contributed by atoms with van der Waals surface area (Å²) in [5.41, 5.74) is 1.11. The zero-order valence-corrected chi connectivity index (χ0v) is 18.7. The molecule has 0 atom stereocenters.